The summed E-state index contributed by atoms with van der Waals surface area (Å²) in [6.45, 7) is 0. The van der Waals surface area contributed by atoms with Crippen LogP contribution in [0.5, 0.6) is 0 Å². The maximum absolute atomic E-state index is 9.17. The van der Waals surface area contributed by atoms with Crippen LogP contribution in [-0.4, -0.2) is 50.9 Å². The molecule has 0 unspecified atom stereocenters. The van der Waals surface area contributed by atoms with E-state index >= 15 is 0 Å². The minimum atomic E-state index is -0.833. The molecule has 0 radical (unpaired) electrons. The summed E-state index contributed by atoms with van der Waals surface area (Å²) >= 11 is -0.00463. The molecule has 5 heavy (non-hydrogen) atoms. The molecule has 0 atom stereocenters. The van der Waals surface area contributed by atoms with E-state index in [-0.39, 0.29) is 51.3 Å². The van der Waals surface area contributed by atoms with Gasteiger partial charge in [0.05, 0.1) is 0 Å². The summed E-state index contributed by atoms with van der Waals surface area (Å²) in [6, 6.07) is 0. The van der Waals surface area contributed by atoms with Crippen LogP contribution >= 0.6 is 0 Å². The number of hydrogen-bond acceptors (Lipinski definition) is 1. The molecule has 0 bridgehead atoms. The first-order chi connectivity index (χ1) is 1.41. The quantitative estimate of drug-likeness (QED) is 0.377. The normalized spacial score (nSPS) is 2.60. The SMILES string of the molecule is [NaH].[O]=[W][BiH2].[Ti]. The monoisotopic (exact) mass is 483 g/mol. The Labute approximate surface area is 88.2 Å². The van der Waals surface area contributed by atoms with Crippen molar-refractivity contribution in [2.24, 2.45) is 0 Å². The van der Waals surface area contributed by atoms with Gasteiger partial charge in [0.15, 0.2) is 0 Å². The van der Waals surface area contributed by atoms with Crippen molar-refractivity contribution in [3.63, 3.8) is 0 Å². The summed E-state index contributed by atoms with van der Waals surface area (Å²) < 4.78 is 9.17. The Kier molecular flexibility index (Phi) is 49.3. The van der Waals surface area contributed by atoms with Crippen molar-refractivity contribution >= 4 is 50.9 Å². The van der Waals surface area contributed by atoms with Crippen molar-refractivity contribution in [1.29, 1.82) is 0 Å². The Bertz CT molecular complexity index is 19.1. The second kappa shape index (κ2) is 15.7. The Morgan fingerprint density at radius 1 is 1.60 bits per heavy atom. The fourth-order valence-corrected chi connectivity index (χ4v) is 0. The fourth-order valence-electron chi connectivity index (χ4n) is 0. The van der Waals surface area contributed by atoms with Crippen LogP contribution in [0.4, 0.5) is 0 Å². The molecular weight excluding hydrogens is 480 g/mol. The Morgan fingerprint density at radius 3 is 1.60 bits per heavy atom. The molecule has 0 aromatic rings. The van der Waals surface area contributed by atoms with Gasteiger partial charge in [-0.3, -0.25) is 0 Å². The van der Waals surface area contributed by atoms with Gasteiger partial charge in [0, 0.05) is 21.7 Å². The molecule has 0 fully saturated rings. The van der Waals surface area contributed by atoms with Gasteiger partial charge in [-0.15, -0.1) is 0 Å². The molecule has 5 heteroatoms. The molecular formula is H3BiNaOTiW. The second-order valence-corrected chi connectivity index (χ2v) is 6.91. The fraction of sp³-hybridized carbons (Fsp3) is 0. The molecule has 0 aromatic carbocycles. The maximum atomic E-state index is 9.17. The zero-order valence-corrected chi connectivity index (χ0v) is 10.9. The molecule has 0 N–H and O–H groups in total. The molecule has 0 aliphatic heterocycles. The van der Waals surface area contributed by atoms with Crippen LogP contribution in [0.1, 0.15) is 0 Å². The molecule has 0 aromatic heterocycles. The standard InChI is InChI=1S/Bi.Na.O.Ti.W.3H. The third-order valence-electron chi connectivity index (χ3n) is 0. The van der Waals surface area contributed by atoms with Gasteiger partial charge >= 0.3 is 68.6 Å². The number of rotatable bonds is 0. The van der Waals surface area contributed by atoms with Crippen LogP contribution in [-0.2, 0) is 39.4 Å². The molecule has 0 heterocycles. The maximum Gasteiger partial charge on any atom is 0 e. The van der Waals surface area contributed by atoms with E-state index in [1.807, 2.05) is 0 Å². The molecule has 0 saturated heterocycles. The third kappa shape index (κ3) is 19.2. The van der Waals surface area contributed by atoms with Gasteiger partial charge in [-0.25, -0.2) is 0 Å². The predicted molar refractivity (Wildman–Crippen MR) is 16.4 cm³/mol. The topological polar surface area (TPSA) is 17.1 Å². The Balaban J connectivity index is -0.0000000200. The van der Waals surface area contributed by atoms with E-state index in [9.17, 15) is 3.40 Å². The molecule has 1 nitrogen and oxygen atoms in total. The first-order valence-corrected chi connectivity index (χ1v) is 18.3. The predicted octanol–water partition coefficient (Wildman–Crippen LogP) is -1.69. The van der Waals surface area contributed by atoms with Crippen LogP contribution in [0.2, 0.25) is 0 Å². The zero-order chi connectivity index (χ0) is 2.71. The van der Waals surface area contributed by atoms with E-state index in [0.717, 1.165) is 21.3 Å². The molecule has 0 saturated carbocycles. The van der Waals surface area contributed by atoms with Crippen molar-refractivity contribution in [2.75, 3.05) is 0 Å². The summed E-state index contributed by atoms with van der Waals surface area (Å²) in [7, 11) is 0. The minimum absolute atomic E-state index is 0. The third-order valence-corrected chi connectivity index (χ3v) is 0. The van der Waals surface area contributed by atoms with Crippen molar-refractivity contribution in [3.05, 3.63) is 0 Å². The smallest absolute Gasteiger partial charge is 0 e. The molecule has 0 amide bonds. The van der Waals surface area contributed by atoms with Gasteiger partial charge in [-0.2, -0.15) is 0 Å². The van der Waals surface area contributed by atoms with Crippen LogP contribution in [0, 0.1) is 0 Å². The van der Waals surface area contributed by atoms with E-state index in [0.29, 0.717) is 0 Å². The zero-order valence-electron chi connectivity index (χ0n) is 1.89. The van der Waals surface area contributed by atoms with Crippen LogP contribution in [0.15, 0.2) is 0 Å². The first kappa shape index (κ1) is 15.7. The largest absolute Gasteiger partial charge is 0 e. The van der Waals surface area contributed by atoms with Gasteiger partial charge in [-0.1, -0.05) is 0 Å². The van der Waals surface area contributed by atoms with Gasteiger partial charge in [-0.05, 0) is 0 Å². The van der Waals surface area contributed by atoms with E-state index < -0.39 is 14.3 Å². The van der Waals surface area contributed by atoms with E-state index in [1.165, 1.54) is 0 Å². The van der Waals surface area contributed by atoms with Gasteiger partial charge in [0.2, 0.25) is 0 Å². The van der Waals surface area contributed by atoms with E-state index in [4.69, 9.17) is 0 Å². The molecule has 0 spiro atoms. The first-order valence-electron chi connectivity index (χ1n) is 0.402. The average Bonchev–Trinajstić information content (AvgIpc) is 0.918. The molecule has 0 rings (SSSR count). The van der Waals surface area contributed by atoms with Crippen LogP contribution in [0.25, 0.3) is 0 Å². The molecule has 0 aliphatic rings. The van der Waals surface area contributed by atoms with E-state index in [1.54, 1.807) is 0 Å². The molecule has 25 valence electrons. The number of hydrogen-bond donors (Lipinski definition) is 0. The van der Waals surface area contributed by atoms with Gasteiger partial charge in [0.1, 0.15) is 0 Å². The minimum Gasteiger partial charge on any atom is 0 e. The van der Waals surface area contributed by atoms with E-state index in [2.05, 4.69) is 0 Å². The average molecular weight is 483 g/mol. The second-order valence-electron chi connectivity index (χ2n) is 0.0962. The van der Waals surface area contributed by atoms with Crippen molar-refractivity contribution < 1.29 is 39.4 Å². The summed E-state index contributed by atoms with van der Waals surface area (Å²) in [4.78, 5) is 0. The van der Waals surface area contributed by atoms with Crippen LogP contribution < -0.4 is 0 Å². The van der Waals surface area contributed by atoms with Crippen molar-refractivity contribution in [2.45, 2.75) is 0 Å². The summed E-state index contributed by atoms with van der Waals surface area (Å²) in [5.41, 5.74) is 0. The molecule has 0 aliphatic carbocycles. The summed E-state index contributed by atoms with van der Waals surface area (Å²) in [5.74, 6) is 0. The Hall–Kier alpha value is 3.09. The van der Waals surface area contributed by atoms with Crippen LogP contribution in [0.3, 0.4) is 0 Å². The van der Waals surface area contributed by atoms with Gasteiger partial charge in [0.25, 0.3) is 0 Å². The Morgan fingerprint density at radius 2 is 1.60 bits per heavy atom. The summed E-state index contributed by atoms with van der Waals surface area (Å²) in [6.07, 6.45) is 0. The van der Waals surface area contributed by atoms with Crippen molar-refractivity contribution in [1.82, 2.24) is 0 Å². The summed E-state index contributed by atoms with van der Waals surface area (Å²) in [5, 5.41) is 0. The van der Waals surface area contributed by atoms with Crippen molar-refractivity contribution in [3.8, 4) is 0 Å². The van der Waals surface area contributed by atoms with Gasteiger partial charge < -0.3 is 0 Å².